The molecule has 2 aliphatic heterocycles. The molecule has 2 N–H and O–H groups in total. The van der Waals surface area contributed by atoms with Crippen LogP contribution in [0.4, 0.5) is 5.00 Å². The van der Waals surface area contributed by atoms with Crippen LogP contribution in [0, 0.1) is 0 Å². The van der Waals surface area contributed by atoms with E-state index in [-0.39, 0.29) is 24.0 Å². The number of thiophene rings is 1. The van der Waals surface area contributed by atoms with Crippen LogP contribution < -0.4 is 15.5 Å². The molecule has 5 nitrogen and oxygen atoms in total. The average molecular weight is 568 g/mol. The predicted octanol–water partition coefficient (Wildman–Crippen LogP) is 5.08. The topological polar surface area (TPSA) is 42.9 Å². The molecule has 1 aromatic carbocycles. The summed E-state index contributed by atoms with van der Waals surface area (Å²) >= 11 is 1.84. The van der Waals surface area contributed by atoms with Crippen LogP contribution >= 0.6 is 35.3 Å². The van der Waals surface area contributed by atoms with Gasteiger partial charge in [-0.05, 0) is 74.3 Å². The molecule has 4 rings (SSSR count). The zero-order valence-corrected chi connectivity index (χ0v) is 22.4. The number of nitrogens with one attached hydrogen (secondary N) is 2. The Morgan fingerprint density at radius 3 is 2.44 bits per heavy atom. The summed E-state index contributed by atoms with van der Waals surface area (Å²) in [5, 5.41) is 10.7. The number of benzene rings is 1. The molecule has 7 heteroatoms. The zero-order chi connectivity index (χ0) is 21.3. The summed E-state index contributed by atoms with van der Waals surface area (Å²) in [6.45, 7) is 9.48. The van der Waals surface area contributed by atoms with Gasteiger partial charge in [0.25, 0.3) is 0 Å². The molecule has 2 aromatic rings. The number of piperidine rings is 2. The third-order valence-electron chi connectivity index (χ3n) is 6.37. The Bertz CT molecular complexity index is 811. The Morgan fingerprint density at radius 2 is 1.75 bits per heavy atom. The highest BCUT2D eigenvalue weighted by Gasteiger charge is 2.20. The lowest BCUT2D eigenvalue weighted by molar-refractivity contribution is 0.220. The second-order valence-electron chi connectivity index (χ2n) is 8.66. The lowest BCUT2D eigenvalue weighted by Gasteiger charge is -2.33. The zero-order valence-electron chi connectivity index (χ0n) is 19.3. The van der Waals surface area contributed by atoms with E-state index in [1.165, 1.54) is 48.5 Å². The van der Waals surface area contributed by atoms with Crippen molar-refractivity contribution in [3.05, 3.63) is 52.9 Å². The molecular formula is C25H38IN5S. The van der Waals surface area contributed by atoms with Crippen LogP contribution in [0.15, 0.2) is 46.8 Å². The summed E-state index contributed by atoms with van der Waals surface area (Å²) in [6.07, 6.45) is 6.34. The first-order chi connectivity index (χ1) is 15.3. The Hall–Kier alpha value is -1.32. The Kier molecular flexibility index (Phi) is 10.6. The summed E-state index contributed by atoms with van der Waals surface area (Å²) in [6, 6.07) is 13.7. The number of halogens is 1. The molecule has 0 aliphatic carbocycles. The van der Waals surface area contributed by atoms with Gasteiger partial charge in [-0.25, -0.2) is 4.99 Å². The number of hydrogen-bond donors (Lipinski definition) is 2. The van der Waals surface area contributed by atoms with Gasteiger partial charge in [0, 0.05) is 32.2 Å². The summed E-state index contributed by atoms with van der Waals surface area (Å²) in [4.78, 5) is 10.1. The quantitative estimate of drug-likeness (QED) is 0.279. The van der Waals surface area contributed by atoms with Gasteiger partial charge in [-0.2, -0.15) is 0 Å². The maximum Gasteiger partial charge on any atom is 0.191 e. The number of hydrogen-bond acceptors (Lipinski definition) is 4. The van der Waals surface area contributed by atoms with Crippen molar-refractivity contribution in [2.24, 2.45) is 4.99 Å². The van der Waals surface area contributed by atoms with E-state index in [1.54, 1.807) is 0 Å². The molecule has 2 fully saturated rings. The fourth-order valence-corrected chi connectivity index (χ4v) is 5.38. The highest BCUT2D eigenvalue weighted by molar-refractivity contribution is 14.0. The number of guanidine groups is 1. The van der Waals surface area contributed by atoms with Crippen molar-refractivity contribution in [1.82, 2.24) is 15.5 Å². The highest BCUT2D eigenvalue weighted by Crippen LogP contribution is 2.25. The van der Waals surface area contributed by atoms with E-state index in [2.05, 4.69) is 69.1 Å². The molecule has 1 aromatic heterocycles. The van der Waals surface area contributed by atoms with Crippen LogP contribution in [0.25, 0.3) is 0 Å². The molecule has 0 atom stereocenters. The smallest absolute Gasteiger partial charge is 0.191 e. The van der Waals surface area contributed by atoms with Crippen molar-refractivity contribution >= 4 is 46.3 Å². The highest BCUT2D eigenvalue weighted by atomic mass is 127. The van der Waals surface area contributed by atoms with E-state index in [0.29, 0.717) is 6.04 Å². The molecule has 32 heavy (non-hydrogen) atoms. The minimum atomic E-state index is 0. The SMILES string of the molecule is CCNC(=NCc1ccccc1CN1CCCCC1)NC1CCN(c2cccs2)CC1.I. The minimum Gasteiger partial charge on any atom is -0.363 e. The van der Waals surface area contributed by atoms with Crippen molar-refractivity contribution < 1.29 is 0 Å². The monoisotopic (exact) mass is 567 g/mol. The summed E-state index contributed by atoms with van der Waals surface area (Å²) in [5.41, 5.74) is 2.77. The number of likely N-dealkylation sites (tertiary alicyclic amines) is 1. The minimum absolute atomic E-state index is 0. The van der Waals surface area contributed by atoms with Gasteiger partial charge in [-0.15, -0.1) is 35.3 Å². The number of rotatable bonds is 7. The summed E-state index contributed by atoms with van der Waals surface area (Å²) < 4.78 is 0. The third kappa shape index (κ3) is 7.35. The van der Waals surface area contributed by atoms with Crippen LogP contribution in [0.5, 0.6) is 0 Å². The number of anilines is 1. The fraction of sp³-hybridized carbons (Fsp3) is 0.560. The summed E-state index contributed by atoms with van der Waals surface area (Å²) in [5.74, 6) is 0.949. The first kappa shape index (κ1) is 25.3. The third-order valence-corrected chi connectivity index (χ3v) is 7.30. The molecule has 0 unspecified atom stereocenters. The van der Waals surface area contributed by atoms with E-state index in [9.17, 15) is 0 Å². The molecule has 0 amide bonds. The first-order valence-electron chi connectivity index (χ1n) is 11.9. The number of aliphatic imine (C=N–C) groups is 1. The van der Waals surface area contributed by atoms with Gasteiger partial charge in [-0.3, -0.25) is 4.90 Å². The normalized spacial score (nSPS) is 18.3. The lowest BCUT2D eigenvalue weighted by Crippen LogP contribution is -2.48. The van der Waals surface area contributed by atoms with E-state index in [4.69, 9.17) is 4.99 Å². The molecule has 0 bridgehead atoms. The Balaban J connectivity index is 0.00000289. The van der Waals surface area contributed by atoms with Crippen LogP contribution in [0.3, 0.4) is 0 Å². The second-order valence-corrected chi connectivity index (χ2v) is 9.58. The van der Waals surface area contributed by atoms with Crippen LogP contribution in [-0.4, -0.2) is 49.6 Å². The van der Waals surface area contributed by atoms with Crippen molar-refractivity contribution in [2.45, 2.75) is 58.2 Å². The van der Waals surface area contributed by atoms with E-state index >= 15 is 0 Å². The maximum absolute atomic E-state index is 4.96. The van der Waals surface area contributed by atoms with E-state index in [1.807, 2.05) is 11.3 Å². The molecule has 3 heterocycles. The van der Waals surface area contributed by atoms with Crippen molar-refractivity contribution in [1.29, 1.82) is 0 Å². The Morgan fingerprint density at radius 1 is 1.00 bits per heavy atom. The molecule has 2 saturated heterocycles. The van der Waals surface area contributed by atoms with Gasteiger partial charge in [0.1, 0.15) is 0 Å². The van der Waals surface area contributed by atoms with Gasteiger partial charge in [0.05, 0.1) is 11.5 Å². The van der Waals surface area contributed by atoms with Crippen LogP contribution in [0.1, 0.15) is 50.2 Å². The van der Waals surface area contributed by atoms with Gasteiger partial charge >= 0.3 is 0 Å². The van der Waals surface area contributed by atoms with Gasteiger partial charge in [-0.1, -0.05) is 30.7 Å². The lowest BCUT2D eigenvalue weighted by atomic mass is 10.0. The van der Waals surface area contributed by atoms with Crippen molar-refractivity contribution in [3.8, 4) is 0 Å². The maximum atomic E-state index is 4.96. The largest absolute Gasteiger partial charge is 0.363 e. The van der Waals surface area contributed by atoms with Crippen LogP contribution in [-0.2, 0) is 13.1 Å². The molecule has 0 spiro atoms. The molecule has 0 saturated carbocycles. The first-order valence-corrected chi connectivity index (χ1v) is 12.8. The van der Waals surface area contributed by atoms with E-state index in [0.717, 1.165) is 51.5 Å². The average Bonchev–Trinajstić information content (AvgIpc) is 3.35. The second kappa shape index (κ2) is 13.4. The fourth-order valence-electron chi connectivity index (χ4n) is 4.60. The van der Waals surface area contributed by atoms with Gasteiger partial charge in [0.2, 0.25) is 0 Å². The molecular weight excluding hydrogens is 529 g/mol. The van der Waals surface area contributed by atoms with Crippen LogP contribution in [0.2, 0.25) is 0 Å². The number of nitrogens with zero attached hydrogens (tertiary/aromatic N) is 3. The predicted molar refractivity (Wildman–Crippen MR) is 148 cm³/mol. The van der Waals surface area contributed by atoms with Gasteiger partial charge in [0.15, 0.2) is 5.96 Å². The van der Waals surface area contributed by atoms with Gasteiger partial charge < -0.3 is 15.5 Å². The molecule has 176 valence electrons. The summed E-state index contributed by atoms with van der Waals surface area (Å²) in [7, 11) is 0. The van der Waals surface area contributed by atoms with E-state index < -0.39 is 0 Å². The van der Waals surface area contributed by atoms with Crippen molar-refractivity contribution in [2.75, 3.05) is 37.6 Å². The standard InChI is InChI=1S/C25H37N5S.HI/c1-2-26-25(28-23-12-16-30(17-13-23)24-11-8-18-31-24)27-19-21-9-4-5-10-22(21)20-29-14-6-3-7-15-29;/h4-5,8-11,18,23H,2-3,6-7,12-17,19-20H2,1H3,(H2,26,27,28);1H. The molecule has 2 aliphatic rings. The van der Waals surface area contributed by atoms with Crippen molar-refractivity contribution in [3.63, 3.8) is 0 Å². The Labute approximate surface area is 214 Å². The molecule has 0 radical (unpaired) electrons.